The van der Waals surface area contributed by atoms with Crippen LogP contribution in [-0.2, 0) is 11.2 Å². The molecule has 0 aromatic heterocycles. The van der Waals surface area contributed by atoms with Gasteiger partial charge in [-0.3, -0.25) is 9.80 Å². The summed E-state index contributed by atoms with van der Waals surface area (Å²) < 4.78 is 6.08. The van der Waals surface area contributed by atoms with Crippen molar-refractivity contribution in [3.8, 4) is 0 Å². The molecule has 2 aromatic carbocycles. The van der Waals surface area contributed by atoms with Crippen LogP contribution in [0.1, 0.15) is 35.6 Å². The second-order valence-electron chi connectivity index (χ2n) is 8.02. The van der Waals surface area contributed by atoms with Crippen molar-refractivity contribution in [1.82, 2.24) is 9.80 Å². The maximum absolute atomic E-state index is 13.2. The van der Waals surface area contributed by atoms with E-state index in [1.807, 2.05) is 23.1 Å². The van der Waals surface area contributed by atoms with Crippen molar-refractivity contribution < 1.29 is 9.53 Å². The van der Waals surface area contributed by atoms with Crippen molar-refractivity contribution in [1.29, 1.82) is 0 Å². The lowest BCUT2D eigenvalue weighted by atomic mass is 9.86. The van der Waals surface area contributed by atoms with Gasteiger partial charge in [-0.15, -0.1) is 0 Å². The smallest absolute Gasteiger partial charge is 0.410 e. The van der Waals surface area contributed by atoms with Crippen LogP contribution in [0, 0.1) is 5.92 Å². The van der Waals surface area contributed by atoms with Gasteiger partial charge in [-0.05, 0) is 55.0 Å². The minimum absolute atomic E-state index is 0. The van der Waals surface area contributed by atoms with Crippen molar-refractivity contribution in [2.75, 3.05) is 26.2 Å². The fourth-order valence-electron chi connectivity index (χ4n) is 5.00. The van der Waals surface area contributed by atoms with Gasteiger partial charge in [0, 0.05) is 13.1 Å². The largest absolute Gasteiger partial charge is 0.444 e. The number of benzene rings is 2. The summed E-state index contributed by atoms with van der Waals surface area (Å²) in [6.07, 6.45) is 3.09. The summed E-state index contributed by atoms with van der Waals surface area (Å²) in [6.45, 7) is 3.91. The van der Waals surface area contributed by atoms with E-state index in [9.17, 15) is 4.79 Å². The van der Waals surface area contributed by atoms with E-state index in [4.69, 9.17) is 4.74 Å². The normalized spacial score (nSPS) is 28.2. The Labute approximate surface area is 173 Å². The Hall–Kier alpha value is -1.98. The Balaban J connectivity index is 0.00000192. The molecule has 4 aliphatic rings. The maximum Gasteiger partial charge on any atom is 0.410 e. The molecule has 0 N–H and O–H groups in total. The fourth-order valence-corrected chi connectivity index (χ4v) is 5.00. The summed E-state index contributed by atoms with van der Waals surface area (Å²) in [5, 5.41) is 0. The van der Waals surface area contributed by atoms with Gasteiger partial charge in [0.25, 0.3) is 0 Å². The molecule has 3 saturated heterocycles. The molecule has 0 radical (unpaired) electrons. The number of nitrogens with zero attached hydrogens (tertiary/aromatic N) is 2. The number of rotatable bonds is 2. The van der Waals surface area contributed by atoms with Crippen LogP contribution in [0.5, 0.6) is 0 Å². The highest BCUT2D eigenvalue weighted by atomic mass is 32.1. The number of fused-ring (bicyclic) bond motifs is 4. The summed E-state index contributed by atoms with van der Waals surface area (Å²) in [4.78, 5) is 17.6. The molecule has 0 saturated carbocycles. The van der Waals surface area contributed by atoms with Gasteiger partial charge in [0.2, 0.25) is 0 Å². The van der Waals surface area contributed by atoms with E-state index in [1.54, 1.807) is 0 Å². The van der Waals surface area contributed by atoms with E-state index in [1.165, 1.54) is 11.1 Å². The van der Waals surface area contributed by atoms with Gasteiger partial charge < -0.3 is 4.74 Å². The fraction of sp³-hybridized carbons (Fsp3) is 0.435. The van der Waals surface area contributed by atoms with Crippen LogP contribution < -0.4 is 0 Å². The third-order valence-electron chi connectivity index (χ3n) is 6.48. The van der Waals surface area contributed by atoms with Crippen molar-refractivity contribution in [2.24, 2.45) is 5.92 Å². The van der Waals surface area contributed by atoms with Gasteiger partial charge in [0.05, 0.1) is 6.04 Å². The third kappa shape index (κ3) is 3.53. The maximum atomic E-state index is 13.2. The molecule has 1 unspecified atom stereocenters. The lowest BCUT2D eigenvalue weighted by Gasteiger charge is -2.45. The Morgan fingerprint density at radius 2 is 1.64 bits per heavy atom. The Bertz CT molecular complexity index is 820. The monoisotopic (exact) mass is 396 g/mol. The van der Waals surface area contributed by atoms with Crippen LogP contribution in [0.2, 0.25) is 0 Å². The number of carbonyl (C=O) groups is 1. The first-order valence-electron chi connectivity index (χ1n) is 10.1. The Morgan fingerprint density at radius 1 is 0.929 bits per heavy atom. The average Bonchev–Trinajstić information content (AvgIpc) is 2.74. The molecule has 2 bridgehead atoms. The minimum Gasteiger partial charge on any atom is -0.444 e. The molecule has 0 spiro atoms. The van der Waals surface area contributed by atoms with E-state index in [0.29, 0.717) is 12.5 Å². The molecule has 2 atom stereocenters. The van der Waals surface area contributed by atoms with E-state index in [-0.39, 0.29) is 31.7 Å². The van der Waals surface area contributed by atoms with Crippen molar-refractivity contribution in [3.05, 3.63) is 71.3 Å². The summed E-state index contributed by atoms with van der Waals surface area (Å²) in [5.74, 6) is 0.534. The summed E-state index contributed by atoms with van der Waals surface area (Å²) >= 11 is 0. The average molecular weight is 397 g/mol. The quantitative estimate of drug-likeness (QED) is 0.770. The lowest BCUT2D eigenvalue weighted by molar-refractivity contribution is -0.0462. The standard InChI is InChI=1S/C23H26N2O2.H2S/c26-23(27-21-16-24-13-10-18(21)11-14-24)25-15-12-17-6-4-5-9-20(17)22(25)19-7-2-1-3-8-19;/h1-9,18,21-22H,10-16H2;1H2/t21?,22-;/m0./s1. The van der Waals surface area contributed by atoms with Gasteiger partial charge >= 0.3 is 6.09 Å². The molecular formula is C23H28N2O2S. The summed E-state index contributed by atoms with van der Waals surface area (Å²) in [5.41, 5.74) is 3.70. The van der Waals surface area contributed by atoms with Gasteiger partial charge in [-0.2, -0.15) is 13.5 Å². The first-order chi connectivity index (χ1) is 13.3. The first-order valence-corrected chi connectivity index (χ1v) is 10.1. The van der Waals surface area contributed by atoms with Crippen molar-refractivity contribution >= 4 is 19.6 Å². The van der Waals surface area contributed by atoms with Crippen molar-refractivity contribution in [3.63, 3.8) is 0 Å². The number of piperidine rings is 3. The molecule has 5 heteroatoms. The van der Waals surface area contributed by atoms with Crippen LogP contribution in [0.15, 0.2) is 54.6 Å². The van der Waals surface area contributed by atoms with Crippen LogP contribution in [0.3, 0.4) is 0 Å². The predicted octanol–water partition coefficient (Wildman–Crippen LogP) is 3.98. The molecule has 4 nitrogen and oxygen atoms in total. The van der Waals surface area contributed by atoms with E-state index in [0.717, 1.165) is 44.5 Å². The SMILES string of the molecule is O=C(OC1CN2CCC1CC2)N1CCc2ccccc2[C@@H]1c1ccccc1.S. The molecule has 3 fully saturated rings. The van der Waals surface area contributed by atoms with Gasteiger partial charge in [0.15, 0.2) is 0 Å². The molecule has 4 heterocycles. The number of hydrogen-bond acceptors (Lipinski definition) is 3. The van der Waals surface area contributed by atoms with Gasteiger partial charge in [0.1, 0.15) is 6.10 Å². The van der Waals surface area contributed by atoms with Crippen LogP contribution in [0.25, 0.3) is 0 Å². The lowest BCUT2D eigenvalue weighted by Crippen LogP contribution is -2.53. The number of hydrogen-bond donors (Lipinski definition) is 0. The Morgan fingerprint density at radius 3 is 2.36 bits per heavy atom. The molecule has 0 aliphatic carbocycles. The van der Waals surface area contributed by atoms with Gasteiger partial charge in [-0.25, -0.2) is 4.79 Å². The van der Waals surface area contributed by atoms with Crippen molar-refractivity contribution in [2.45, 2.75) is 31.4 Å². The molecule has 6 rings (SSSR count). The summed E-state index contributed by atoms with van der Waals surface area (Å²) in [7, 11) is 0. The minimum atomic E-state index is -0.155. The zero-order valence-corrected chi connectivity index (χ0v) is 17.1. The number of carbonyl (C=O) groups excluding carboxylic acids is 1. The molecule has 1 amide bonds. The molecule has 28 heavy (non-hydrogen) atoms. The molecule has 4 aliphatic heterocycles. The van der Waals surface area contributed by atoms with E-state index in [2.05, 4.69) is 41.3 Å². The zero-order chi connectivity index (χ0) is 18.2. The Kier molecular flexibility index (Phi) is 5.65. The van der Waals surface area contributed by atoms with Gasteiger partial charge in [-0.1, -0.05) is 54.6 Å². The van der Waals surface area contributed by atoms with E-state index >= 15 is 0 Å². The highest BCUT2D eigenvalue weighted by Crippen LogP contribution is 2.36. The van der Waals surface area contributed by atoms with Crippen LogP contribution in [0.4, 0.5) is 4.79 Å². The zero-order valence-electron chi connectivity index (χ0n) is 16.1. The van der Waals surface area contributed by atoms with Crippen LogP contribution >= 0.6 is 13.5 Å². The molecule has 148 valence electrons. The molecular weight excluding hydrogens is 368 g/mol. The first kappa shape index (κ1) is 19.3. The third-order valence-corrected chi connectivity index (χ3v) is 6.48. The van der Waals surface area contributed by atoms with Crippen LogP contribution in [-0.4, -0.2) is 48.2 Å². The number of ether oxygens (including phenoxy) is 1. The predicted molar refractivity (Wildman–Crippen MR) is 115 cm³/mol. The summed E-state index contributed by atoms with van der Waals surface area (Å²) in [6, 6.07) is 18.8. The highest BCUT2D eigenvalue weighted by Gasteiger charge is 2.39. The highest BCUT2D eigenvalue weighted by molar-refractivity contribution is 7.59. The molecule has 2 aromatic rings. The topological polar surface area (TPSA) is 32.8 Å². The second kappa shape index (κ2) is 8.18. The second-order valence-corrected chi connectivity index (χ2v) is 8.02. The van der Waals surface area contributed by atoms with E-state index < -0.39 is 0 Å². The number of amides is 1.